The molecule has 0 radical (unpaired) electrons. The van der Waals surface area contributed by atoms with Crippen molar-refractivity contribution in [3.05, 3.63) is 11.6 Å². The smallest absolute Gasteiger partial charge is 0.323 e. The summed E-state index contributed by atoms with van der Waals surface area (Å²) in [5.74, 6) is 0.488. The third-order valence-electron chi connectivity index (χ3n) is 4.44. The van der Waals surface area contributed by atoms with Crippen molar-refractivity contribution in [2.75, 3.05) is 19.7 Å². The van der Waals surface area contributed by atoms with E-state index in [4.69, 9.17) is 4.74 Å². The fraction of sp³-hybridized carbons (Fsp3) is 0.750. The Hall–Kier alpha value is -1.16. The number of carbonyl (C=O) groups excluding carboxylic acids is 2. The molecule has 4 nitrogen and oxygen atoms in total. The third-order valence-corrected chi connectivity index (χ3v) is 4.44. The van der Waals surface area contributed by atoms with Crippen LogP contribution in [0.15, 0.2) is 11.6 Å². The minimum absolute atomic E-state index is 0.0683. The van der Waals surface area contributed by atoms with E-state index in [1.165, 1.54) is 0 Å². The first-order valence-electron chi connectivity index (χ1n) is 7.74. The number of ketones is 1. The van der Waals surface area contributed by atoms with Gasteiger partial charge in [0, 0.05) is 24.9 Å². The van der Waals surface area contributed by atoms with Gasteiger partial charge in [-0.1, -0.05) is 19.4 Å². The van der Waals surface area contributed by atoms with Crippen LogP contribution in [-0.4, -0.2) is 42.4 Å². The van der Waals surface area contributed by atoms with E-state index >= 15 is 0 Å². The Labute approximate surface area is 121 Å². The Morgan fingerprint density at radius 2 is 2.20 bits per heavy atom. The molecule has 0 N–H and O–H groups in total. The predicted octanol–water partition coefficient (Wildman–Crippen LogP) is 2.19. The van der Waals surface area contributed by atoms with Crippen LogP contribution in [0.3, 0.4) is 0 Å². The van der Waals surface area contributed by atoms with Gasteiger partial charge in [0.05, 0.1) is 6.61 Å². The molecule has 20 heavy (non-hydrogen) atoms. The number of unbranched alkanes of at least 4 members (excludes halogenated alkanes) is 1. The summed E-state index contributed by atoms with van der Waals surface area (Å²) in [5, 5.41) is 0. The maximum atomic E-state index is 12.3. The molecule has 1 aliphatic heterocycles. The zero-order chi connectivity index (χ0) is 14.7. The Morgan fingerprint density at radius 1 is 1.45 bits per heavy atom. The highest BCUT2D eigenvalue weighted by molar-refractivity contribution is 6.00. The zero-order valence-corrected chi connectivity index (χ0v) is 12.7. The van der Waals surface area contributed by atoms with Gasteiger partial charge in [0.1, 0.15) is 6.04 Å². The highest BCUT2D eigenvalue weighted by Gasteiger charge is 2.44. The lowest BCUT2D eigenvalue weighted by Crippen LogP contribution is -2.39. The van der Waals surface area contributed by atoms with E-state index in [9.17, 15) is 9.59 Å². The number of carbonyl (C=O) groups is 2. The predicted molar refractivity (Wildman–Crippen MR) is 77.3 cm³/mol. The summed E-state index contributed by atoms with van der Waals surface area (Å²) in [7, 11) is 0. The van der Waals surface area contributed by atoms with E-state index in [2.05, 4.69) is 17.9 Å². The first-order valence-corrected chi connectivity index (χ1v) is 7.74. The molecule has 112 valence electrons. The van der Waals surface area contributed by atoms with Crippen LogP contribution in [0.2, 0.25) is 0 Å². The van der Waals surface area contributed by atoms with E-state index in [-0.39, 0.29) is 17.9 Å². The van der Waals surface area contributed by atoms with Crippen molar-refractivity contribution in [3.63, 3.8) is 0 Å². The summed E-state index contributed by atoms with van der Waals surface area (Å²) in [5.41, 5.74) is 1.02. The van der Waals surface area contributed by atoms with E-state index in [1.54, 1.807) is 0 Å². The highest BCUT2D eigenvalue weighted by atomic mass is 16.5. The molecular weight excluding hydrogens is 254 g/mol. The first-order chi connectivity index (χ1) is 9.58. The lowest BCUT2D eigenvalue weighted by molar-refractivity contribution is -0.148. The maximum Gasteiger partial charge on any atom is 0.323 e. The number of Topliss-reactive ketones (excluding diaryl/α,β-unsaturated/α-hetero) is 1. The molecule has 3 atom stereocenters. The molecule has 1 unspecified atom stereocenters. The summed E-state index contributed by atoms with van der Waals surface area (Å²) >= 11 is 0. The van der Waals surface area contributed by atoms with Gasteiger partial charge in [0.15, 0.2) is 5.78 Å². The van der Waals surface area contributed by atoms with Crippen LogP contribution >= 0.6 is 0 Å². The first kappa shape index (κ1) is 15.2. The number of hydrogen-bond donors (Lipinski definition) is 0. The van der Waals surface area contributed by atoms with Gasteiger partial charge in [-0.2, -0.15) is 0 Å². The zero-order valence-electron chi connectivity index (χ0n) is 12.7. The maximum absolute atomic E-state index is 12.3. The van der Waals surface area contributed by atoms with Gasteiger partial charge in [-0.25, -0.2) is 0 Å². The molecule has 2 aliphatic rings. The number of fused-ring (bicyclic) bond motifs is 1. The molecule has 0 amide bonds. The summed E-state index contributed by atoms with van der Waals surface area (Å²) < 4.78 is 5.06. The van der Waals surface area contributed by atoms with Gasteiger partial charge in [-0.05, 0) is 32.3 Å². The fourth-order valence-corrected chi connectivity index (χ4v) is 3.19. The van der Waals surface area contributed by atoms with Gasteiger partial charge >= 0.3 is 5.97 Å². The molecule has 4 heteroatoms. The van der Waals surface area contributed by atoms with Crippen molar-refractivity contribution >= 4 is 11.8 Å². The number of ether oxygens (including phenoxy) is 1. The van der Waals surface area contributed by atoms with Crippen LogP contribution < -0.4 is 0 Å². The monoisotopic (exact) mass is 279 g/mol. The number of likely N-dealkylation sites (tertiary alicyclic amines) is 1. The van der Waals surface area contributed by atoms with E-state index in [0.29, 0.717) is 24.9 Å². The number of esters is 1. The minimum Gasteiger partial charge on any atom is -0.465 e. The second-order valence-corrected chi connectivity index (χ2v) is 5.81. The summed E-state index contributed by atoms with van der Waals surface area (Å²) in [6, 6.07) is -0.249. The Morgan fingerprint density at radius 3 is 2.80 bits per heavy atom. The van der Waals surface area contributed by atoms with E-state index in [1.807, 2.05) is 13.8 Å². The quantitative estimate of drug-likeness (QED) is 0.699. The normalized spacial score (nSPS) is 27.4. The molecule has 1 aliphatic carbocycles. The molecule has 0 aromatic rings. The average Bonchev–Trinajstić information content (AvgIpc) is 2.96. The van der Waals surface area contributed by atoms with Gasteiger partial charge in [0.25, 0.3) is 0 Å². The van der Waals surface area contributed by atoms with Crippen LogP contribution in [0.4, 0.5) is 0 Å². The minimum atomic E-state index is -0.249. The van der Waals surface area contributed by atoms with Crippen molar-refractivity contribution in [2.24, 2.45) is 11.8 Å². The summed E-state index contributed by atoms with van der Waals surface area (Å²) in [4.78, 5) is 26.2. The van der Waals surface area contributed by atoms with Crippen LogP contribution in [0.5, 0.6) is 0 Å². The molecule has 2 rings (SSSR count). The van der Waals surface area contributed by atoms with Crippen LogP contribution in [-0.2, 0) is 14.3 Å². The van der Waals surface area contributed by atoms with E-state index in [0.717, 1.165) is 31.4 Å². The standard InChI is InChI=1S/C16H25NO3/c1-4-6-7-12-8-13-9-17(10-14(13)15(12)18)11(3)16(19)20-5-2/h8,11,13-14H,4-7,9-10H2,1-3H3/t11-,13?,14+/m0/s1. The van der Waals surface area contributed by atoms with Crippen molar-refractivity contribution in [2.45, 2.75) is 46.1 Å². The van der Waals surface area contributed by atoms with Gasteiger partial charge in [-0.15, -0.1) is 0 Å². The Balaban J connectivity index is 1.95. The van der Waals surface area contributed by atoms with Crippen molar-refractivity contribution in [1.82, 2.24) is 4.90 Å². The largest absolute Gasteiger partial charge is 0.465 e. The molecule has 0 spiro atoms. The number of rotatable bonds is 6. The van der Waals surface area contributed by atoms with Crippen molar-refractivity contribution < 1.29 is 14.3 Å². The number of allylic oxidation sites excluding steroid dienone is 1. The molecule has 1 fully saturated rings. The molecule has 0 aromatic heterocycles. The molecule has 0 bridgehead atoms. The third kappa shape index (κ3) is 2.95. The molecule has 1 heterocycles. The molecule has 1 saturated heterocycles. The molecule has 0 aromatic carbocycles. The topological polar surface area (TPSA) is 46.6 Å². The Bertz CT molecular complexity index is 416. The SMILES string of the molecule is CCCCC1=CC2CN([C@@H](C)C(=O)OCC)C[C@H]2C1=O. The average molecular weight is 279 g/mol. The summed E-state index contributed by atoms with van der Waals surface area (Å²) in [6.07, 6.45) is 5.27. The lowest BCUT2D eigenvalue weighted by atomic mass is 9.97. The van der Waals surface area contributed by atoms with Crippen molar-refractivity contribution in [3.8, 4) is 0 Å². The van der Waals surface area contributed by atoms with Gasteiger partial charge in [0.2, 0.25) is 0 Å². The fourth-order valence-electron chi connectivity index (χ4n) is 3.19. The number of nitrogens with zero attached hydrogens (tertiary/aromatic N) is 1. The lowest BCUT2D eigenvalue weighted by Gasteiger charge is -2.22. The van der Waals surface area contributed by atoms with Gasteiger partial charge < -0.3 is 4.74 Å². The van der Waals surface area contributed by atoms with E-state index < -0.39 is 0 Å². The van der Waals surface area contributed by atoms with Gasteiger partial charge in [-0.3, -0.25) is 14.5 Å². The molecular formula is C16H25NO3. The van der Waals surface area contributed by atoms with Crippen LogP contribution in [0, 0.1) is 11.8 Å². The Kier molecular flexibility index (Phi) is 4.97. The number of hydrogen-bond acceptors (Lipinski definition) is 4. The molecule has 0 saturated carbocycles. The van der Waals surface area contributed by atoms with Crippen LogP contribution in [0.25, 0.3) is 0 Å². The summed E-state index contributed by atoms with van der Waals surface area (Å²) in [6.45, 7) is 7.72. The van der Waals surface area contributed by atoms with Crippen molar-refractivity contribution in [1.29, 1.82) is 0 Å². The second kappa shape index (κ2) is 6.53. The highest BCUT2D eigenvalue weighted by Crippen LogP contribution is 2.36. The second-order valence-electron chi connectivity index (χ2n) is 5.81. The van der Waals surface area contributed by atoms with Crippen LogP contribution in [0.1, 0.15) is 40.0 Å².